The number of nitro groups is 1. The lowest BCUT2D eigenvalue weighted by Crippen LogP contribution is -2.50. The fourth-order valence-electron chi connectivity index (χ4n) is 3.03. The molecule has 0 saturated carbocycles. The third kappa shape index (κ3) is 3.73. The number of carbonyl (C=O) groups is 1. The molecule has 0 aliphatic carbocycles. The number of piperazine rings is 1. The predicted molar refractivity (Wildman–Crippen MR) is 102 cm³/mol. The van der Waals surface area contributed by atoms with Gasteiger partial charge in [0.25, 0.3) is 21.6 Å². The van der Waals surface area contributed by atoms with E-state index in [0.717, 1.165) is 4.88 Å². The van der Waals surface area contributed by atoms with Gasteiger partial charge < -0.3 is 4.90 Å². The molecule has 0 atom stereocenters. The molecule has 144 valence electrons. The van der Waals surface area contributed by atoms with Gasteiger partial charge in [0.15, 0.2) is 0 Å². The van der Waals surface area contributed by atoms with E-state index in [0.29, 0.717) is 9.77 Å². The Morgan fingerprint density at radius 1 is 1.11 bits per heavy atom. The SMILES string of the molecule is Cc1ccc(S(=O)(=O)N2CCN(C(=O)c3cccc([N+](=O)[O-])c3C)CC2)s1. The molecule has 10 heteroatoms. The number of aryl methyl sites for hydroxylation is 1. The first-order chi connectivity index (χ1) is 12.7. The third-order valence-corrected chi connectivity index (χ3v) is 7.93. The Labute approximate surface area is 161 Å². The molecule has 1 aromatic carbocycles. The summed E-state index contributed by atoms with van der Waals surface area (Å²) >= 11 is 1.22. The number of hydrogen-bond donors (Lipinski definition) is 0. The molecule has 1 saturated heterocycles. The normalized spacial score (nSPS) is 15.7. The fraction of sp³-hybridized carbons (Fsp3) is 0.353. The first kappa shape index (κ1) is 19.5. The molecular weight excluding hydrogens is 390 g/mol. The summed E-state index contributed by atoms with van der Waals surface area (Å²) in [6, 6.07) is 7.77. The van der Waals surface area contributed by atoms with Crippen LogP contribution in [0.15, 0.2) is 34.5 Å². The van der Waals surface area contributed by atoms with Crippen molar-refractivity contribution in [2.45, 2.75) is 18.1 Å². The van der Waals surface area contributed by atoms with E-state index < -0.39 is 14.9 Å². The molecule has 0 N–H and O–H groups in total. The maximum atomic E-state index is 12.8. The van der Waals surface area contributed by atoms with Crippen LogP contribution in [-0.2, 0) is 10.0 Å². The Bertz CT molecular complexity index is 992. The first-order valence-corrected chi connectivity index (χ1v) is 10.6. The molecular formula is C17H19N3O5S2. The molecule has 0 spiro atoms. The largest absolute Gasteiger partial charge is 0.336 e. The number of benzene rings is 1. The number of thiophene rings is 1. The number of amides is 1. The molecule has 0 bridgehead atoms. The van der Waals surface area contributed by atoms with Gasteiger partial charge in [-0.25, -0.2) is 8.42 Å². The topological polar surface area (TPSA) is 101 Å². The van der Waals surface area contributed by atoms with Gasteiger partial charge >= 0.3 is 0 Å². The maximum Gasteiger partial charge on any atom is 0.273 e. The van der Waals surface area contributed by atoms with Gasteiger partial charge in [0.2, 0.25) is 0 Å². The number of hydrogen-bond acceptors (Lipinski definition) is 6. The molecule has 3 rings (SSSR count). The second kappa shape index (κ2) is 7.37. The summed E-state index contributed by atoms with van der Waals surface area (Å²) in [5, 5.41) is 11.1. The van der Waals surface area contributed by atoms with Crippen LogP contribution in [-0.4, -0.2) is 54.6 Å². The smallest absolute Gasteiger partial charge is 0.273 e. The van der Waals surface area contributed by atoms with Crippen LogP contribution in [0.25, 0.3) is 0 Å². The first-order valence-electron chi connectivity index (χ1n) is 8.31. The van der Waals surface area contributed by atoms with E-state index in [1.807, 2.05) is 6.92 Å². The Morgan fingerprint density at radius 3 is 2.33 bits per heavy atom. The van der Waals surface area contributed by atoms with Crippen molar-refractivity contribution >= 4 is 33.0 Å². The summed E-state index contributed by atoms with van der Waals surface area (Å²) < 4.78 is 27.0. The Balaban J connectivity index is 1.74. The van der Waals surface area contributed by atoms with Crippen LogP contribution in [0.5, 0.6) is 0 Å². The average molecular weight is 409 g/mol. The maximum absolute atomic E-state index is 12.8. The van der Waals surface area contributed by atoms with Crippen LogP contribution in [0.1, 0.15) is 20.8 Å². The highest BCUT2D eigenvalue weighted by atomic mass is 32.2. The molecule has 1 aromatic heterocycles. The van der Waals surface area contributed by atoms with Crippen molar-refractivity contribution in [3.8, 4) is 0 Å². The number of nitrogens with zero attached hydrogens (tertiary/aromatic N) is 3. The summed E-state index contributed by atoms with van der Waals surface area (Å²) in [4.78, 5) is 25.8. The van der Waals surface area contributed by atoms with Gasteiger partial charge in [0.05, 0.1) is 4.92 Å². The van der Waals surface area contributed by atoms with Crippen LogP contribution in [0, 0.1) is 24.0 Å². The molecule has 2 aromatic rings. The van der Waals surface area contributed by atoms with E-state index in [1.165, 1.54) is 32.7 Å². The summed E-state index contributed by atoms with van der Waals surface area (Å²) in [6.07, 6.45) is 0. The Morgan fingerprint density at radius 2 is 1.78 bits per heavy atom. The van der Waals surface area contributed by atoms with Crippen molar-refractivity contribution in [1.29, 1.82) is 0 Å². The zero-order valence-corrected chi connectivity index (χ0v) is 16.5. The van der Waals surface area contributed by atoms with Gasteiger partial charge in [-0.3, -0.25) is 14.9 Å². The van der Waals surface area contributed by atoms with Crippen LogP contribution >= 0.6 is 11.3 Å². The number of sulfonamides is 1. The van der Waals surface area contributed by atoms with Gasteiger partial charge in [0.1, 0.15) is 4.21 Å². The molecule has 0 unspecified atom stereocenters. The van der Waals surface area contributed by atoms with E-state index in [1.54, 1.807) is 25.1 Å². The third-order valence-electron chi connectivity index (χ3n) is 4.57. The zero-order chi connectivity index (χ0) is 19.8. The summed E-state index contributed by atoms with van der Waals surface area (Å²) in [7, 11) is -3.56. The van der Waals surface area contributed by atoms with Gasteiger partial charge in [-0.2, -0.15) is 4.31 Å². The second-order valence-corrected chi connectivity index (χ2v) is 9.72. The monoisotopic (exact) mass is 409 g/mol. The highest BCUT2D eigenvalue weighted by molar-refractivity contribution is 7.91. The molecule has 2 heterocycles. The molecule has 27 heavy (non-hydrogen) atoms. The van der Waals surface area contributed by atoms with Crippen LogP contribution < -0.4 is 0 Å². The molecule has 8 nitrogen and oxygen atoms in total. The van der Waals surface area contributed by atoms with Gasteiger partial charge in [-0.05, 0) is 32.0 Å². The minimum Gasteiger partial charge on any atom is -0.336 e. The van der Waals surface area contributed by atoms with Crippen molar-refractivity contribution < 1.29 is 18.1 Å². The fourth-order valence-corrected chi connectivity index (χ4v) is 5.89. The predicted octanol–water partition coefficient (Wildman–Crippen LogP) is 2.42. The number of rotatable bonds is 4. The van der Waals surface area contributed by atoms with Gasteiger partial charge in [-0.1, -0.05) is 6.07 Å². The van der Waals surface area contributed by atoms with Crippen molar-refractivity contribution in [1.82, 2.24) is 9.21 Å². The minimum absolute atomic E-state index is 0.102. The lowest BCUT2D eigenvalue weighted by molar-refractivity contribution is -0.385. The zero-order valence-electron chi connectivity index (χ0n) is 14.9. The minimum atomic E-state index is -3.56. The van der Waals surface area contributed by atoms with E-state index in [2.05, 4.69) is 0 Å². The van der Waals surface area contributed by atoms with Gasteiger partial charge in [0, 0.05) is 48.2 Å². The van der Waals surface area contributed by atoms with E-state index >= 15 is 0 Å². The molecule has 1 aliphatic rings. The lowest BCUT2D eigenvalue weighted by atomic mass is 10.1. The lowest BCUT2D eigenvalue weighted by Gasteiger charge is -2.34. The highest BCUT2D eigenvalue weighted by Crippen LogP contribution is 2.26. The van der Waals surface area contributed by atoms with Crippen molar-refractivity contribution in [3.05, 3.63) is 56.5 Å². The highest BCUT2D eigenvalue weighted by Gasteiger charge is 2.32. The van der Waals surface area contributed by atoms with Crippen molar-refractivity contribution in [3.63, 3.8) is 0 Å². The standard InChI is InChI=1S/C17H19N3O5S2/c1-12-6-7-16(26-12)27(24,25)19-10-8-18(9-11-19)17(21)14-4-3-5-15(13(14)2)20(22)23/h3-7H,8-11H2,1-2H3. The van der Waals surface area contributed by atoms with Crippen molar-refractivity contribution in [2.24, 2.45) is 0 Å². The quantitative estimate of drug-likeness (QED) is 0.570. The second-order valence-electron chi connectivity index (χ2n) is 6.27. The number of nitro benzene ring substituents is 1. The van der Waals surface area contributed by atoms with Crippen molar-refractivity contribution in [2.75, 3.05) is 26.2 Å². The van der Waals surface area contributed by atoms with Gasteiger partial charge in [-0.15, -0.1) is 11.3 Å². The van der Waals surface area contributed by atoms with E-state index in [-0.39, 0.29) is 43.3 Å². The average Bonchev–Trinajstić information content (AvgIpc) is 3.08. The summed E-state index contributed by atoms with van der Waals surface area (Å²) in [6.45, 7) is 4.26. The van der Waals surface area contributed by atoms with E-state index in [4.69, 9.17) is 0 Å². The molecule has 1 fully saturated rings. The molecule has 1 aliphatic heterocycles. The molecule has 0 radical (unpaired) electrons. The molecule has 1 amide bonds. The Hall–Kier alpha value is -2.30. The number of carbonyl (C=O) groups excluding carboxylic acids is 1. The van der Waals surface area contributed by atoms with Crippen LogP contribution in [0.2, 0.25) is 0 Å². The van der Waals surface area contributed by atoms with E-state index in [9.17, 15) is 23.3 Å². The van der Waals surface area contributed by atoms with Crippen LogP contribution in [0.3, 0.4) is 0 Å². The Kier molecular flexibility index (Phi) is 5.31. The summed E-state index contributed by atoms with van der Waals surface area (Å²) in [5.74, 6) is -0.319. The summed E-state index contributed by atoms with van der Waals surface area (Å²) in [5.41, 5.74) is 0.487. The van der Waals surface area contributed by atoms with Crippen LogP contribution in [0.4, 0.5) is 5.69 Å².